The van der Waals surface area contributed by atoms with Gasteiger partial charge in [-0.1, -0.05) is 41.9 Å². The van der Waals surface area contributed by atoms with Crippen LogP contribution < -0.4 is 0 Å². The highest BCUT2D eigenvalue weighted by Crippen LogP contribution is 2.18. The largest absolute Gasteiger partial charge is 0.336 e. The van der Waals surface area contributed by atoms with E-state index in [1.165, 1.54) is 4.31 Å². The lowest BCUT2D eigenvalue weighted by Gasteiger charge is -2.34. The van der Waals surface area contributed by atoms with Crippen LogP contribution in [0.15, 0.2) is 48.5 Å². The van der Waals surface area contributed by atoms with Gasteiger partial charge in [-0.3, -0.25) is 4.79 Å². The topological polar surface area (TPSA) is 57.7 Å². The van der Waals surface area contributed by atoms with E-state index in [4.69, 9.17) is 11.6 Å². The molecule has 0 saturated carbocycles. The fourth-order valence-electron chi connectivity index (χ4n) is 3.03. The number of halogens is 1. The molecule has 0 unspecified atom stereocenters. The third-order valence-corrected chi connectivity index (χ3v) is 6.65. The summed E-state index contributed by atoms with van der Waals surface area (Å²) < 4.78 is 26.9. The van der Waals surface area contributed by atoms with Crippen molar-refractivity contribution in [2.45, 2.75) is 12.7 Å². The summed E-state index contributed by atoms with van der Waals surface area (Å²) in [5.41, 5.74) is 2.30. The van der Waals surface area contributed by atoms with E-state index in [1.807, 2.05) is 31.2 Å². The summed E-state index contributed by atoms with van der Waals surface area (Å²) in [6.07, 6.45) is 0. The van der Waals surface area contributed by atoms with Gasteiger partial charge in [0.15, 0.2) is 0 Å². The average Bonchev–Trinajstić information content (AvgIpc) is 2.63. The normalized spacial score (nSPS) is 15.8. The third-order valence-electron chi connectivity index (χ3n) is 4.59. The first kappa shape index (κ1) is 18.9. The number of nitrogens with zero attached hydrogens (tertiary/aromatic N) is 2. The van der Waals surface area contributed by atoms with Gasteiger partial charge in [0, 0.05) is 36.8 Å². The predicted molar refractivity (Wildman–Crippen MR) is 103 cm³/mol. The minimum atomic E-state index is -3.41. The van der Waals surface area contributed by atoms with Crippen molar-refractivity contribution >= 4 is 27.5 Å². The Morgan fingerprint density at radius 3 is 2.38 bits per heavy atom. The van der Waals surface area contributed by atoms with E-state index in [-0.39, 0.29) is 11.7 Å². The zero-order valence-electron chi connectivity index (χ0n) is 14.6. The molecule has 7 heteroatoms. The summed E-state index contributed by atoms with van der Waals surface area (Å²) in [6.45, 7) is 3.27. The number of amides is 1. The summed E-state index contributed by atoms with van der Waals surface area (Å²) in [5, 5.41) is 0.510. The molecule has 1 amide bonds. The van der Waals surface area contributed by atoms with Gasteiger partial charge in [-0.15, -0.1) is 0 Å². The fourth-order valence-corrected chi connectivity index (χ4v) is 4.84. The van der Waals surface area contributed by atoms with E-state index in [9.17, 15) is 13.2 Å². The number of carbonyl (C=O) groups is 1. The zero-order valence-corrected chi connectivity index (χ0v) is 16.1. The lowest BCUT2D eigenvalue weighted by molar-refractivity contribution is 0.0698. The minimum absolute atomic E-state index is 0.0120. The van der Waals surface area contributed by atoms with Crippen LogP contribution in [0.2, 0.25) is 5.02 Å². The molecule has 1 aliphatic heterocycles. The van der Waals surface area contributed by atoms with Gasteiger partial charge >= 0.3 is 0 Å². The molecule has 2 aromatic carbocycles. The number of hydrogen-bond donors (Lipinski definition) is 0. The lowest BCUT2D eigenvalue weighted by Crippen LogP contribution is -2.50. The van der Waals surface area contributed by atoms with Crippen LogP contribution in [0, 0.1) is 6.92 Å². The van der Waals surface area contributed by atoms with Crippen LogP contribution in [0.1, 0.15) is 21.5 Å². The van der Waals surface area contributed by atoms with Crippen LogP contribution in [0.3, 0.4) is 0 Å². The Hall–Kier alpha value is -1.89. The summed E-state index contributed by atoms with van der Waals surface area (Å²) >= 11 is 5.94. The van der Waals surface area contributed by atoms with Crippen molar-refractivity contribution in [3.63, 3.8) is 0 Å². The van der Waals surface area contributed by atoms with Crippen LogP contribution >= 0.6 is 11.6 Å². The molecule has 1 aliphatic rings. The Labute approximate surface area is 159 Å². The molecule has 3 rings (SSSR count). The van der Waals surface area contributed by atoms with E-state index in [0.717, 1.165) is 11.1 Å². The fraction of sp³-hybridized carbons (Fsp3) is 0.316. The summed E-state index contributed by atoms with van der Waals surface area (Å²) in [4.78, 5) is 14.2. The van der Waals surface area contributed by atoms with Gasteiger partial charge in [0.25, 0.3) is 5.91 Å². The lowest BCUT2D eigenvalue weighted by atomic mass is 10.1. The van der Waals surface area contributed by atoms with Gasteiger partial charge in [-0.2, -0.15) is 4.31 Å². The first-order valence-electron chi connectivity index (χ1n) is 8.44. The van der Waals surface area contributed by atoms with Gasteiger partial charge in [0.05, 0.1) is 5.75 Å². The highest BCUT2D eigenvalue weighted by atomic mass is 35.5. The van der Waals surface area contributed by atoms with Crippen molar-refractivity contribution in [3.8, 4) is 0 Å². The number of rotatable bonds is 4. The van der Waals surface area contributed by atoms with Crippen molar-refractivity contribution in [3.05, 3.63) is 70.2 Å². The molecule has 0 spiro atoms. The standard InChI is InChI=1S/C19H21ClN2O3S/c1-15-5-2-3-6-17(15)14-26(24,25)22-11-9-21(10-12-22)19(23)16-7-4-8-18(20)13-16/h2-8,13H,9-12,14H2,1H3. The van der Waals surface area contributed by atoms with E-state index < -0.39 is 10.0 Å². The average molecular weight is 393 g/mol. The SMILES string of the molecule is Cc1ccccc1CS(=O)(=O)N1CCN(C(=O)c2cccc(Cl)c2)CC1. The Balaban J connectivity index is 1.64. The number of hydrogen-bond acceptors (Lipinski definition) is 3. The quantitative estimate of drug-likeness (QED) is 0.803. The van der Waals surface area contributed by atoms with Gasteiger partial charge in [0.1, 0.15) is 0 Å². The molecule has 0 aliphatic carbocycles. The molecule has 0 atom stereocenters. The third kappa shape index (κ3) is 4.26. The molecular formula is C19H21ClN2O3S. The van der Waals surface area contributed by atoms with Crippen molar-refractivity contribution in [2.75, 3.05) is 26.2 Å². The number of carbonyl (C=O) groups excluding carboxylic acids is 1. The van der Waals surface area contributed by atoms with E-state index >= 15 is 0 Å². The van der Waals surface area contributed by atoms with Crippen LogP contribution in [0.5, 0.6) is 0 Å². The van der Waals surface area contributed by atoms with E-state index in [2.05, 4.69) is 0 Å². The molecule has 1 fully saturated rings. The summed E-state index contributed by atoms with van der Waals surface area (Å²) in [5.74, 6) is -0.134. The second-order valence-electron chi connectivity index (χ2n) is 6.38. The molecule has 1 saturated heterocycles. The van der Waals surface area contributed by atoms with Crippen molar-refractivity contribution in [2.24, 2.45) is 0 Å². The maximum absolute atomic E-state index is 12.7. The highest BCUT2D eigenvalue weighted by Gasteiger charge is 2.29. The predicted octanol–water partition coefficient (Wildman–Crippen LogP) is 2.94. The van der Waals surface area contributed by atoms with Gasteiger partial charge in [-0.25, -0.2) is 8.42 Å². The first-order chi connectivity index (χ1) is 12.4. The van der Waals surface area contributed by atoms with Crippen LogP contribution in [-0.4, -0.2) is 49.7 Å². The van der Waals surface area contributed by atoms with Gasteiger partial charge in [0.2, 0.25) is 10.0 Å². The Morgan fingerprint density at radius 1 is 1.04 bits per heavy atom. The van der Waals surface area contributed by atoms with E-state index in [1.54, 1.807) is 29.2 Å². The van der Waals surface area contributed by atoms with Crippen molar-refractivity contribution < 1.29 is 13.2 Å². The zero-order chi connectivity index (χ0) is 18.7. The molecule has 1 heterocycles. The van der Waals surface area contributed by atoms with Crippen LogP contribution in [-0.2, 0) is 15.8 Å². The number of piperazine rings is 1. The van der Waals surface area contributed by atoms with Gasteiger partial charge in [-0.05, 0) is 36.2 Å². The van der Waals surface area contributed by atoms with Crippen molar-refractivity contribution in [1.29, 1.82) is 0 Å². The highest BCUT2D eigenvalue weighted by molar-refractivity contribution is 7.88. The van der Waals surface area contributed by atoms with E-state index in [0.29, 0.717) is 36.8 Å². The Morgan fingerprint density at radius 2 is 1.73 bits per heavy atom. The molecule has 0 bridgehead atoms. The molecule has 0 N–H and O–H groups in total. The second kappa shape index (κ2) is 7.78. The number of sulfonamides is 1. The first-order valence-corrected chi connectivity index (χ1v) is 10.4. The molecule has 0 aromatic heterocycles. The molecule has 0 radical (unpaired) electrons. The van der Waals surface area contributed by atoms with Gasteiger partial charge < -0.3 is 4.90 Å². The number of aryl methyl sites for hydroxylation is 1. The Bertz CT molecular complexity index is 907. The molecule has 26 heavy (non-hydrogen) atoms. The van der Waals surface area contributed by atoms with Crippen LogP contribution in [0.4, 0.5) is 0 Å². The molecule has 138 valence electrons. The summed E-state index contributed by atoms with van der Waals surface area (Å²) in [7, 11) is -3.41. The second-order valence-corrected chi connectivity index (χ2v) is 8.79. The minimum Gasteiger partial charge on any atom is -0.336 e. The van der Waals surface area contributed by atoms with Crippen LogP contribution in [0.25, 0.3) is 0 Å². The Kier molecular flexibility index (Phi) is 5.65. The molecule has 5 nitrogen and oxygen atoms in total. The summed E-state index contributed by atoms with van der Waals surface area (Å²) in [6, 6.07) is 14.3. The van der Waals surface area contributed by atoms with Crippen molar-refractivity contribution in [1.82, 2.24) is 9.21 Å². The maximum Gasteiger partial charge on any atom is 0.253 e. The monoisotopic (exact) mass is 392 g/mol. The molecular weight excluding hydrogens is 372 g/mol. The number of benzene rings is 2. The molecule has 2 aromatic rings. The smallest absolute Gasteiger partial charge is 0.253 e. The maximum atomic E-state index is 12.7.